The van der Waals surface area contributed by atoms with Crippen molar-refractivity contribution in [1.29, 1.82) is 0 Å². The van der Waals surface area contributed by atoms with Crippen molar-refractivity contribution >= 4 is 29.0 Å². The van der Waals surface area contributed by atoms with Gasteiger partial charge in [-0.25, -0.2) is 4.98 Å². The fourth-order valence-electron chi connectivity index (χ4n) is 3.61. The van der Waals surface area contributed by atoms with Gasteiger partial charge >= 0.3 is 5.91 Å². The number of hydrogen-bond donors (Lipinski definition) is 1. The van der Waals surface area contributed by atoms with E-state index in [2.05, 4.69) is 4.98 Å². The number of nitrogens with zero attached hydrogens (tertiary/aromatic N) is 3. The molecule has 154 valence electrons. The molecule has 1 saturated heterocycles. The van der Waals surface area contributed by atoms with Gasteiger partial charge in [-0.05, 0) is 24.6 Å². The average Bonchev–Trinajstić information content (AvgIpc) is 3.04. The summed E-state index contributed by atoms with van der Waals surface area (Å²) in [5, 5.41) is 22.3. The summed E-state index contributed by atoms with van der Waals surface area (Å²) in [6, 6.07) is 17.9. The van der Waals surface area contributed by atoms with Crippen LogP contribution in [0, 0.1) is 17.0 Å². The van der Waals surface area contributed by atoms with Crippen LogP contribution < -0.4 is 4.90 Å². The smallest absolute Gasteiger partial charge is 0.301 e. The Hall–Kier alpha value is -4.33. The molecule has 4 rings (SSSR count). The number of aliphatic hydroxyl groups is 1. The van der Waals surface area contributed by atoms with Gasteiger partial charge in [0.05, 0.1) is 16.5 Å². The summed E-state index contributed by atoms with van der Waals surface area (Å²) in [5.41, 5.74) is 0.947. The highest BCUT2D eigenvalue weighted by molar-refractivity contribution is 6.51. The molecule has 1 aliphatic heterocycles. The molecule has 2 aromatic carbocycles. The minimum absolute atomic E-state index is 0.153. The standard InChI is InChI=1S/C23H17N3O5/c1-14-7-5-12-18(24-14)25-20(16-10-6-11-17(13-16)26(30)31)19(22(28)23(25)29)21(27)15-8-3-2-4-9-15/h2-13,20,27H,1H3/t20-/m0/s1. The fourth-order valence-corrected chi connectivity index (χ4v) is 3.61. The van der Waals surface area contributed by atoms with Crippen LogP contribution in [0.1, 0.15) is 22.9 Å². The summed E-state index contributed by atoms with van der Waals surface area (Å²) < 4.78 is 0. The topological polar surface area (TPSA) is 114 Å². The number of rotatable bonds is 4. The highest BCUT2D eigenvalue weighted by Gasteiger charge is 2.47. The highest BCUT2D eigenvalue weighted by Crippen LogP contribution is 2.42. The normalized spacial score (nSPS) is 17.7. The van der Waals surface area contributed by atoms with Crippen LogP contribution in [-0.4, -0.2) is 26.7 Å². The molecule has 0 radical (unpaired) electrons. The van der Waals surface area contributed by atoms with Gasteiger partial charge in [0.1, 0.15) is 11.6 Å². The molecule has 3 aromatic rings. The second-order valence-corrected chi connectivity index (χ2v) is 7.02. The maximum Gasteiger partial charge on any atom is 0.301 e. The second kappa shape index (κ2) is 7.83. The van der Waals surface area contributed by atoms with Gasteiger partial charge in [0, 0.05) is 23.4 Å². The van der Waals surface area contributed by atoms with Gasteiger partial charge in [-0.1, -0.05) is 48.5 Å². The van der Waals surface area contributed by atoms with Crippen molar-refractivity contribution < 1.29 is 19.6 Å². The number of aromatic nitrogens is 1. The van der Waals surface area contributed by atoms with Crippen molar-refractivity contribution in [2.45, 2.75) is 13.0 Å². The van der Waals surface area contributed by atoms with E-state index in [1.54, 1.807) is 61.5 Å². The van der Waals surface area contributed by atoms with E-state index in [1.165, 1.54) is 23.1 Å². The Balaban J connectivity index is 1.98. The second-order valence-electron chi connectivity index (χ2n) is 7.02. The number of benzene rings is 2. The summed E-state index contributed by atoms with van der Waals surface area (Å²) in [4.78, 5) is 42.3. The minimum atomic E-state index is -1.07. The van der Waals surface area contributed by atoms with Crippen LogP contribution in [0.3, 0.4) is 0 Å². The molecular formula is C23H17N3O5. The summed E-state index contributed by atoms with van der Waals surface area (Å²) in [7, 11) is 0. The Morgan fingerprint density at radius 2 is 1.74 bits per heavy atom. The van der Waals surface area contributed by atoms with E-state index < -0.39 is 22.7 Å². The Morgan fingerprint density at radius 1 is 1.03 bits per heavy atom. The zero-order valence-corrected chi connectivity index (χ0v) is 16.4. The average molecular weight is 415 g/mol. The lowest BCUT2D eigenvalue weighted by atomic mass is 9.95. The van der Waals surface area contributed by atoms with Crippen LogP contribution in [0.4, 0.5) is 11.5 Å². The van der Waals surface area contributed by atoms with Gasteiger partial charge in [0.2, 0.25) is 0 Å². The third-order valence-electron chi connectivity index (χ3n) is 5.01. The van der Waals surface area contributed by atoms with Crippen molar-refractivity contribution in [3.8, 4) is 0 Å². The molecule has 0 unspecified atom stereocenters. The molecular weight excluding hydrogens is 398 g/mol. The number of nitro benzene ring substituents is 1. The first-order valence-corrected chi connectivity index (χ1v) is 9.43. The van der Waals surface area contributed by atoms with Crippen molar-refractivity contribution in [2.24, 2.45) is 0 Å². The highest BCUT2D eigenvalue weighted by atomic mass is 16.6. The van der Waals surface area contributed by atoms with Crippen LogP contribution in [0.15, 0.2) is 78.4 Å². The maximum atomic E-state index is 13.0. The Kier molecular flexibility index (Phi) is 5.04. The molecule has 0 saturated carbocycles. The number of amides is 1. The van der Waals surface area contributed by atoms with E-state index in [9.17, 15) is 24.8 Å². The molecule has 0 bridgehead atoms. The number of nitro groups is 1. The molecule has 1 aromatic heterocycles. The quantitative estimate of drug-likeness (QED) is 0.227. The van der Waals surface area contributed by atoms with E-state index in [0.717, 1.165) is 0 Å². The minimum Gasteiger partial charge on any atom is -0.507 e. The Labute approximate surface area is 177 Å². The number of ketones is 1. The number of aryl methyl sites for hydroxylation is 1. The monoisotopic (exact) mass is 415 g/mol. The van der Waals surface area contributed by atoms with Crippen LogP contribution in [0.2, 0.25) is 0 Å². The molecule has 2 heterocycles. The number of anilines is 1. The van der Waals surface area contributed by atoms with Crippen molar-refractivity contribution in [3.05, 3.63) is 105 Å². The number of aliphatic hydroxyl groups excluding tert-OH is 1. The molecule has 1 atom stereocenters. The predicted molar refractivity (Wildman–Crippen MR) is 113 cm³/mol. The van der Waals surface area contributed by atoms with Crippen LogP contribution in [0.25, 0.3) is 5.76 Å². The van der Waals surface area contributed by atoms with Gasteiger partial charge in [0.15, 0.2) is 0 Å². The largest absolute Gasteiger partial charge is 0.507 e. The lowest BCUT2D eigenvalue weighted by Gasteiger charge is -2.24. The zero-order valence-electron chi connectivity index (χ0n) is 16.4. The number of hydrogen-bond acceptors (Lipinski definition) is 6. The number of carbonyl (C=O) groups excluding carboxylic acids is 2. The summed E-state index contributed by atoms with van der Waals surface area (Å²) >= 11 is 0. The summed E-state index contributed by atoms with van der Waals surface area (Å²) in [5.74, 6) is -1.90. The first kappa shape index (κ1) is 20.0. The lowest BCUT2D eigenvalue weighted by molar-refractivity contribution is -0.384. The van der Waals surface area contributed by atoms with Gasteiger partial charge < -0.3 is 5.11 Å². The van der Waals surface area contributed by atoms with Crippen molar-refractivity contribution in [3.63, 3.8) is 0 Å². The Bertz CT molecular complexity index is 1240. The van der Waals surface area contributed by atoms with E-state index >= 15 is 0 Å². The molecule has 8 nitrogen and oxygen atoms in total. The van der Waals surface area contributed by atoms with E-state index in [-0.39, 0.29) is 22.8 Å². The lowest BCUT2D eigenvalue weighted by Crippen LogP contribution is -2.30. The number of non-ortho nitro benzene ring substituents is 1. The first-order valence-electron chi connectivity index (χ1n) is 9.43. The third-order valence-corrected chi connectivity index (χ3v) is 5.01. The molecule has 1 amide bonds. The SMILES string of the molecule is Cc1cccc(N2C(=O)C(=O)C(=C(O)c3ccccc3)[C@@H]2c2cccc([N+](=O)[O-])c2)n1. The number of pyridine rings is 1. The van der Waals surface area contributed by atoms with Crippen LogP contribution in [-0.2, 0) is 9.59 Å². The maximum absolute atomic E-state index is 13.0. The number of carbonyl (C=O) groups is 2. The van der Waals surface area contributed by atoms with Crippen molar-refractivity contribution in [1.82, 2.24) is 4.98 Å². The van der Waals surface area contributed by atoms with E-state index in [0.29, 0.717) is 16.8 Å². The third kappa shape index (κ3) is 3.55. The molecule has 1 N–H and O–H groups in total. The zero-order chi connectivity index (χ0) is 22.1. The predicted octanol–water partition coefficient (Wildman–Crippen LogP) is 3.92. The molecule has 0 spiro atoms. The van der Waals surface area contributed by atoms with Gasteiger partial charge in [-0.2, -0.15) is 0 Å². The number of Topliss-reactive ketones (excluding diaryl/α,β-unsaturated/α-hetero) is 1. The molecule has 1 fully saturated rings. The molecule has 31 heavy (non-hydrogen) atoms. The molecule has 8 heteroatoms. The summed E-state index contributed by atoms with van der Waals surface area (Å²) in [6.45, 7) is 1.74. The Morgan fingerprint density at radius 3 is 2.42 bits per heavy atom. The fraction of sp³-hybridized carbons (Fsp3) is 0.0870. The van der Waals surface area contributed by atoms with E-state index in [4.69, 9.17) is 0 Å². The van der Waals surface area contributed by atoms with E-state index in [1.807, 2.05) is 0 Å². The summed E-state index contributed by atoms with van der Waals surface area (Å²) in [6.07, 6.45) is 0. The van der Waals surface area contributed by atoms with Gasteiger partial charge in [0.25, 0.3) is 11.5 Å². The van der Waals surface area contributed by atoms with Crippen LogP contribution in [0.5, 0.6) is 0 Å². The van der Waals surface area contributed by atoms with Gasteiger partial charge in [-0.3, -0.25) is 24.6 Å². The van der Waals surface area contributed by atoms with Crippen LogP contribution >= 0.6 is 0 Å². The van der Waals surface area contributed by atoms with Gasteiger partial charge in [-0.15, -0.1) is 0 Å². The van der Waals surface area contributed by atoms with Crippen molar-refractivity contribution in [2.75, 3.05) is 4.90 Å². The molecule has 1 aliphatic rings. The first-order chi connectivity index (χ1) is 14.9. The molecule has 0 aliphatic carbocycles.